The van der Waals surface area contributed by atoms with E-state index >= 15 is 0 Å². The van der Waals surface area contributed by atoms with Crippen LogP contribution in [0.4, 0.5) is 19.0 Å². The van der Waals surface area contributed by atoms with Crippen molar-refractivity contribution < 1.29 is 27.4 Å². The van der Waals surface area contributed by atoms with Gasteiger partial charge in [-0.15, -0.1) is 0 Å². The topological polar surface area (TPSA) is 84.5 Å². The number of rotatable bonds is 5. The number of carbonyl (C=O) groups excluding carboxylic acids is 1. The van der Waals surface area contributed by atoms with Crippen molar-refractivity contribution >= 4 is 22.7 Å². The molecule has 3 aromatic rings. The molecule has 0 radical (unpaired) electrons. The fourth-order valence-corrected chi connectivity index (χ4v) is 4.30. The number of anilines is 1. The molecule has 34 heavy (non-hydrogen) atoms. The van der Waals surface area contributed by atoms with Gasteiger partial charge in [-0.1, -0.05) is 18.2 Å². The maximum absolute atomic E-state index is 13.4. The number of pyridine rings is 2. The maximum Gasteiger partial charge on any atom is 0.393 e. The van der Waals surface area contributed by atoms with Crippen LogP contribution < -0.4 is 15.1 Å². The van der Waals surface area contributed by atoms with E-state index in [2.05, 4.69) is 9.97 Å². The largest absolute Gasteiger partial charge is 0.491 e. The fourth-order valence-electron chi connectivity index (χ4n) is 4.30. The number of fused-ring (bicyclic) bond motifs is 1. The van der Waals surface area contributed by atoms with Gasteiger partial charge in [-0.25, -0.2) is 9.78 Å². The van der Waals surface area contributed by atoms with Crippen molar-refractivity contribution in [1.82, 2.24) is 9.97 Å². The summed E-state index contributed by atoms with van der Waals surface area (Å²) in [4.78, 5) is 35.3. The molecule has 180 valence electrons. The molecule has 0 bridgehead atoms. The molecule has 0 aliphatic carbocycles. The summed E-state index contributed by atoms with van der Waals surface area (Å²) < 4.78 is 50.5. The molecule has 0 saturated carbocycles. The highest BCUT2D eigenvalue weighted by Crippen LogP contribution is 2.39. The molecule has 0 spiro atoms. The summed E-state index contributed by atoms with van der Waals surface area (Å²) in [6, 6.07) is 8.87. The van der Waals surface area contributed by atoms with Crippen LogP contribution in [0.25, 0.3) is 22.2 Å². The van der Waals surface area contributed by atoms with E-state index in [0.717, 1.165) is 0 Å². The number of nitrogens with one attached hydrogen (secondary N) is 1. The van der Waals surface area contributed by atoms with Crippen LogP contribution >= 0.6 is 0 Å². The summed E-state index contributed by atoms with van der Waals surface area (Å²) in [7, 11) is 1.32. The Labute approximate surface area is 193 Å². The highest BCUT2D eigenvalue weighted by molar-refractivity contribution is 6.00. The summed E-state index contributed by atoms with van der Waals surface area (Å²) in [6.45, 7) is 3.13. The van der Waals surface area contributed by atoms with E-state index in [1.807, 2.05) is 0 Å². The number of para-hydroxylation sites is 1. The summed E-state index contributed by atoms with van der Waals surface area (Å²) in [5.74, 6) is -2.13. The van der Waals surface area contributed by atoms with Gasteiger partial charge in [0, 0.05) is 24.0 Å². The molecular formula is C24H24F3N3O4. The van der Waals surface area contributed by atoms with E-state index in [1.54, 1.807) is 49.1 Å². The first-order valence-corrected chi connectivity index (χ1v) is 10.9. The zero-order valence-electron chi connectivity index (χ0n) is 19.0. The van der Waals surface area contributed by atoms with Crippen LogP contribution in [0.3, 0.4) is 0 Å². The first-order valence-electron chi connectivity index (χ1n) is 10.9. The molecule has 1 aliphatic heterocycles. The summed E-state index contributed by atoms with van der Waals surface area (Å²) >= 11 is 0. The van der Waals surface area contributed by atoms with Crippen molar-refractivity contribution in [2.75, 3.05) is 31.7 Å². The summed E-state index contributed by atoms with van der Waals surface area (Å²) in [6.07, 6.45) is -4.40. The Kier molecular flexibility index (Phi) is 6.24. The number of aromatic amines is 1. The highest BCUT2D eigenvalue weighted by atomic mass is 19.4. The van der Waals surface area contributed by atoms with Crippen molar-refractivity contribution in [1.29, 1.82) is 0 Å². The number of methoxy groups -OCH3 is 1. The summed E-state index contributed by atoms with van der Waals surface area (Å²) in [5.41, 5.74) is 0.471. The number of alkyl halides is 3. The smallest absolute Gasteiger partial charge is 0.393 e. The van der Waals surface area contributed by atoms with Crippen LogP contribution in [0.2, 0.25) is 0 Å². The predicted molar refractivity (Wildman–Crippen MR) is 121 cm³/mol. The van der Waals surface area contributed by atoms with Gasteiger partial charge in [-0.05, 0) is 32.4 Å². The number of aryl methyl sites for hydroxylation is 1. The molecular weight excluding hydrogens is 451 g/mol. The molecule has 1 aromatic carbocycles. The van der Waals surface area contributed by atoms with Crippen LogP contribution in [-0.4, -0.2) is 48.9 Å². The van der Waals surface area contributed by atoms with E-state index in [-0.39, 0.29) is 48.9 Å². The van der Waals surface area contributed by atoms with Gasteiger partial charge < -0.3 is 19.4 Å². The lowest BCUT2D eigenvalue weighted by Crippen LogP contribution is -2.28. The molecule has 1 fully saturated rings. The van der Waals surface area contributed by atoms with Crippen LogP contribution in [-0.2, 0) is 4.74 Å². The summed E-state index contributed by atoms with van der Waals surface area (Å²) in [5, 5.41) is 0.706. The van der Waals surface area contributed by atoms with Gasteiger partial charge in [0.25, 0.3) is 0 Å². The maximum atomic E-state index is 13.4. The third kappa shape index (κ3) is 4.20. The van der Waals surface area contributed by atoms with Gasteiger partial charge >= 0.3 is 12.1 Å². The van der Waals surface area contributed by atoms with Gasteiger partial charge in [0.1, 0.15) is 11.4 Å². The van der Waals surface area contributed by atoms with E-state index in [9.17, 15) is 22.8 Å². The lowest BCUT2D eigenvalue weighted by molar-refractivity contribution is -0.168. The Morgan fingerprint density at radius 3 is 2.68 bits per heavy atom. The van der Waals surface area contributed by atoms with Gasteiger partial charge in [0.2, 0.25) is 5.43 Å². The van der Waals surface area contributed by atoms with Crippen LogP contribution in [0.15, 0.2) is 35.1 Å². The third-order valence-electron chi connectivity index (χ3n) is 5.94. The zero-order valence-corrected chi connectivity index (χ0v) is 19.0. The fraction of sp³-hybridized carbons (Fsp3) is 0.375. The third-order valence-corrected chi connectivity index (χ3v) is 5.94. The van der Waals surface area contributed by atoms with Crippen molar-refractivity contribution in [3.63, 3.8) is 0 Å². The number of hydrogen-bond acceptors (Lipinski definition) is 6. The molecule has 7 nitrogen and oxygen atoms in total. The second kappa shape index (κ2) is 9.00. The van der Waals surface area contributed by atoms with E-state index in [0.29, 0.717) is 22.2 Å². The van der Waals surface area contributed by atoms with Crippen molar-refractivity contribution in [2.24, 2.45) is 5.92 Å². The number of hydrogen-bond donors (Lipinski definition) is 1. The van der Waals surface area contributed by atoms with Crippen LogP contribution in [0.5, 0.6) is 5.75 Å². The Morgan fingerprint density at radius 1 is 1.29 bits per heavy atom. The number of nitrogens with zero attached hydrogens (tertiary/aromatic N) is 2. The lowest BCUT2D eigenvalue weighted by Gasteiger charge is -2.23. The quantitative estimate of drug-likeness (QED) is 0.548. The zero-order chi connectivity index (χ0) is 24.6. The second-order valence-electron chi connectivity index (χ2n) is 8.11. The van der Waals surface area contributed by atoms with E-state index in [4.69, 9.17) is 9.47 Å². The highest BCUT2D eigenvalue weighted by Gasteiger charge is 2.44. The molecule has 1 atom stereocenters. The van der Waals surface area contributed by atoms with Crippen molar-refractivity contribution in [3.8, 4) is 17.0 Å². The minimum absolute atomic E-state index is 0.0378. The average Bonchev–Trinajstić information content (AvgIpc) is 3.29. The molecule has 0 amide bonds. The number of carbonyl (C=O) groups is 1. The predicted octanol–water partition coefficient (Wildman–Crippen LogP) is 4.47. The first-order chi connectivity index (χ1) is 16.2. The van der Waals surface area contributed by atoms with E-state index < -0.39 is 23.5 Å². The monoisotopic (exact) mass is 475 g/mol. The van der Waals surface area contributed by atoms with Gasteiger partial charge in [-0.3, -0.25) is 4.79 Å². The van der Waals surface area contributed by atoms with Gasteiger partial charge in [-0.2, -0.15) is 13.2 Å². The molecule has 1 N–H and O–H groups in total. The lowest BCUT2D eigenvalue weighted by atomic mass is 10.0. The Balaban J connectivity index is 1.98. The van der Waals surface area contributed by atoms with Crippen molar-refractivity contribution in [2.45, 2.75) is 26.4 Å². The SMILES string of the molecule is CCOC(=O)c1c(-c2cc3ccccc3nc2N2CC[C@@H](C(F)(F)F)C2)[nH]c(C)c(OC)c1=O. The Hall–Kier alpha value is -3.56. The Morgan fingerprint density at radius 2 is 2.03 bits per heavy atom. The van der Waals surface area contributed by atoms with Crippen LogP contribution in [0.1, 0.15) is 29.4 Å². The second-order valence-corrected chi connectivity index (χ2v) is 8.11. The standard InChI is InChI=1S/C24H24F3N3O4/c1-4-34-23(32)18-19(28-13(2)21(33-3)20(18)31)16-11-14-7-5-6-8-17(14)29-22(16)30-10-9-15(12-30)24(25,26)27/h5-8,11,15H,4,9-10,12H2,1-3H3,(H,28,31)/t15-/m1/s1. The number of halogens is 3. The number of esters is 1. The molecule has 3 heterocycles. The number of aromatic nitrogens is 2. The molecule has 2 aromatic heterocycles. The van der Waals surface area contributed by atoms with Gasteiger partial charge in [0.15, 0.2) is 5.75 Å². The molecule has 4 rings (SSSR count). The normalized spacial score (nSPS) is 16.2. The minimum atomic E-state index is -4.33. The minimum Gasteiger partial charge on any atom is -0.491 e. The van der Waals surface area contributed by atoms with Crippen LogP contribution in [0, 0.1) is 12.8 Å². The van der Waals surface area contributed by atoms with Gasteiger partial charge in [0.05, 0.1) is 36.5 Å². The van der Waals surface area contributed by atoms with Crippen molar-refractivity contribution in [3.05, 3.63) is 51.8 Å². The Bertz CT molecular complexity index is 1300. The molecule has 0 unspecified atom stereocenters. The number of H-pyrrole nitrogens is 1. The average molecular weight is 475 g/mol. The number of ether oxygens (including phenoxy) is 2. The molecule has 1 saturated heterocycles. The molecule has 1 aliphatic rings. The first kappa shape index (κ1) is 23.6. The molecule has 10 heteroatoms. The van der Waals surface area contributed by atoms with E-state index in [1.165, 1.54) is 7.11 Å². The number of benzene rings is 1.